The van der Waals surface area contributed by atoms with Gasteiger partial charge in [-0.2, -0.15) is 5.26 Å². The molecule has 0 aromatic rings. The molecule has 5 nitrogen and oxygen atoms in total. The van der Waals surface area contributed by atoms with Crippen LogP contribution >= 0.6 is 0 Å². The Balaban J connectivity index is 1.68. The summed E-state index contributed by atoms with van der Waals surface area (Å²) in [6.45, 7) is 1.39. The lowest BCUT2D eigenvalue weighted by Crippen LogP contribution is -2.51. The van der Waals surface area contributed by atoms with Gasteiger partial charge in [0.1, 0.15) is 6.04 Å². The molecule has 98 valence electrons. The second kappa shape index (κ2) is 4.52. The molecule has 1 saturated carbocycles. The van der Waals surface area contributed by atoms with E-state index < -0.39 is 6.04 Å². The van der Waals surface area contributed by atoms with E-state index in [2.05, 4.69) is 6.07 Å². The first-order valence-electron chi connectivity index (χ1n) is 6.77. The van der Waals surface area contributed by atoms with E-state index in [1.807, 2.05) is 0 Å². The van der Waals surface area contributed by atoms with Gasteiger partial charge >= 0.3 is 0 Å². The predicted molar refractivity (Wildman–Crippen MR) is 64.3 cm³/mol. The van der Waals surface area contributed by atoms with Gasteiger partial charge in [0.2, 0.25) is 5.91 Å². The van der Waals surface area contributed by atoms with Crippen LogP contribution in [0.25, 0.3) is 0 Å². The Hall–Kier alpha value is -1.12. The number of carbonyl (C=O) groups excluding carboxylic acids is 1. The number of amides is 1. The average molecular weight is 249 g/mol. The van der Waals surface area contributed by atoms with Gasteiger partial charge in [0.15, 0.2) is 0 Å². The standard InChI is InChI=1S/C13H19N3O2/c14-7-10-5-9-6-11(9)16(10)13(17)12(15)8-1-3-18-4-2-8/h8-12H,1-6,15H2. The first-order chi connectivity index (χ1) is 8.72. The molecule has 2 aliphatic heterocycles. The van der Waals surface area contributed by atoms with Gasteiger partial charge in [-0.05, 0) is 37.5 Å². The van der Waals surface area contributed by atoms with E-state index in [1.54, 1.807) is 4.90 Å². The van der Waals surface area contributed by atoms with E-state index in [1.165, 1.54) is 0 Å². The topological polar surface area (TPSA) is 79.4 Å². The quantitative estimate of drug-likeness (QED) is 0.761. The smallest absolute Gasteiger partial charge is 0.241 e. The summed E-state index contributed by atoms with van der Waals surface area (Å²) in [6, 6.07) is 1.84. The minimum Gasteiger partial charge on any atom is -0.381 e. The highest BCUT2D eigenvalue weighted by atomic mass is 16.5. The van der Waals surface area contributed by atoms with Crippen LogP contribution in [0, 0.1) is 23.2 Å². The zero-order chi connectivity index (χ0) is 12.7. The number of nitrogens with zero attached hydrogens (tertiary/aromatic N) is 2. The predicted octanol–water partition coefficient (Wildman–Crippen LogP) is 0.253. The van der Waals surface area contributed by atoms with Crippen LogP contribution in [0.15, 0.2) is 0 Å². The molecular formula is C13H19N3O2. The van der Waals surface area contributed by atoms with Gasteiger partial charge in [-0.1, -0.05) is 0 Å². The number of hydrogen-bond acceptors (Lipinski definition) is 4. The Bertz CT molecular complexity index is 386. The molecule has 0 spiro atoms. The lowest BCUT2D eigenvalue weighted by Gasteiger charge is -2.31. The molecule has 2 heterocycles. The van der Waals surface area contributed by atoms with E-state index in [0.29, 0.717) is 25.2 Å². The summed E-state index contributed by atoms with van der Waals surface area (Å²) >= 11 is 0. The second-order valence-corrected chi connectivity index (χ2v) is 5.66. The van der Waals surface area contributed by atoms with Gasteiger partial charge in [0.05, 0.1) is 12.1 Å². The summed E-state index contributed by atoms with van der Waals surface area (Å²) in [6.07, 6.45) is 3.61. The van der Waals surface area contributed by atoms with Crippen molar-refractivity contribution < 1.29 is 9.53 Å². The summed E-state index contributed by atoms with van der Waals surface area (Å²) in [4.78, 5) is 14.2. The third kappa shape index (κ3) is 1.90. The van der Waals surface area contributed by atoms with Gasteiger partial charge in [0.25, 0.3) is 0 Å². The summed E-state index contributed by atoms with van der Waals surface area (Å²) in [7, 11) is 0. The number of piperidine rings is 1. The molecule has 4 atom stereocenters. The van der Waals surface area contributed by atoms with E-state index in [-0.39, 0.29) is 17.9 Å². The van der Waals surface area contributed by atoms with Crippen LogP contribution in [0.1, 0.15) is 25.7 Å². The van der Waals surface area contributed by atoms with Crippen LogP contribution < -0.4 is 5.73 Å². The van der Waals surface area contributed by atoms with Gasteiger partial charge in [-0.25, -0.2) is 0 Å². The highest BCUT2D eigenvalue weighted by molar-refractivity contribution is 5.83. The van der Waals surface area contributed by atoms with E-state index in [0.717, 1.165) is 25.7 Å². The zero-order valence-electron chi connectivity index (χ0n) is 10.4. The summed E-state index contributed by atoms with van der Waals surface area (Å²) in [5, 5.41) is 9.11. The molecule has 5 heteroatoms. The Morgan fingerprint density at radius 2 is 2.11 bits per heavy atom. The molecule has 2 N–H and O–H groups in total. The molecule has 1 amide bonds. The number of likely N-dealkylation sites (tertiary alicyclic amines) is 1. The molecule has 3 fully saturated rings. The molecule has 0 aromatic carbocycles. The molecular weight excluding hydrogens is 230 g/mol. The number of rotatable bonds is 2. The fourth-order valence-electron chi connectivity index (χ4n) is 3.34. The largest absolute Gasteiger partial charge is 0.381 e. The molecule has 0 radical (unpaired) electrons. The molecule has 3 rings (SSSR count). The van der Waals surface area contributed by atoms with E-state index in [9.17, 15) is 4.79 Å². The van der Waals surface area contributed by atoms with Crippen LogP contribution in [0.3, 0.4) is 0 Å². The lowest BCUT2D eigenvalue weighted by molar-refractivity contribution is -0.135. The molecule has 4 unspecified atom stereocenters. The maximum Gasteiger partial charge on any atom is 0.241 e. The molecule has 18 heavy (non-hydrogen) atoms. The van der Waals surface area contributed by atoms with Crippen LogP contribution in [-0.2, 0) is 9.53 Å². The highest BCUT2D eigenvalue weighted by Crippen LogP contribution is 2.48. The molecule has 1 aliphatic carbocycles. The number of hydrogen-bond donors (Lipinski definition) is 1. The van der Waals surface area contributed by atoms with Crippen molar-refractivity contribution in [2.45, 2.75) is 43.8 Å². The van der Waals surface area contributed by atoms with Gasteiger partial charge in [0, 0.05) is 19.3 Å². The molecule has 0 aromatic heterocycles. The van der Waals surface area contributed by atoms with Crippen molar-refractivity contribution in [2.24, 2.45) is 17.6 Å². The fraction of sp³-hybridized carbons (Fsp3) is 0.846. The van der Waals surface area contributed by atoms with Crippen LogP contribution in [0.4, 0.5) is 0 Å². The van der Waals surface area contributed by atoms with Gasteiger partial charge in [-0.3, -0.25) is 4.79 Å². The van der Waals surface area contributed by atoms with Crippen LogP contribution in [0.5, 0.6) is 0 Å². The van der Waals surface area contributed by atoms with Crippen LogP contribution in [0.2, 0.25) is 0 Å². The number of carbonyl (C=O) groups is 1. The summed E-state index contributed by atoms with van der Waals surface area (Å²) < 4.78 is 5.29. The third-order valence-electron chi connectivity index (χ3n) is 4.57. The normalized spacial score (nSPS) is 36.9. The van der Waals surface area contributed by atoms with Crippen molar-refractivity contribution in [3.8, 4) is 6.07 Å². The average Bonchev–Trinajstić information content (AvgIpc) is 3.09. The van der Waals surface area contributed by atoms with Gasteiger partial charge < -0.3 is 15.4 Å². The Morgan fingerprint density at radius 1 is 1.39 bits per heavy atom. The zero-order valence-corrected chi connectivity index (χ0v) is 10.4. The second-order valence-electron chi connectivity index (χ2n) is 5.66. The Labute approximate surface area is 107 Å². The first kappa shape index (κ1) is 11.9. The highest BCUT2D eigenvalue weighted by Gasteiger charge is 2.55. The van der Waals surface area contributed by atoms with Crippen molar-refractivity contribution in [1.29, 1.82) is 5.26 Å². The van der Waals surface area contributed by atoms with Crippen molar-refractivity contribution in [3.63, 3.8) is 0 Å². The lowest BCUT2D eigenvalue weighted by atomic mass is 9.91. The third-order valence-corrected chi connectivity index (χ3v) is 4.57. The fourth-order valence-corrected chi connectivity index (χ4v) is 3.34. The Morgan fingerprint density at radius 3 is 2.78 bits per heavy atom. The van der Waals surface area contributed by atoms with Gasteiger partial charge in [-0.15, -0.1) is 0 Å². The van der Waals surface area contributed by atoms with Crippen LogP contribution in [-0.4, -0.2) is 42.1 Å². The maximum atomic E-state index is 12.5. The van der Waals surface area contributed by atoms with E-state index in [4.69, 9.17) is 15.7 Å². The number of nitrogens with two attached hydrogens (primary N) is 1. The SMILES string of the molecule is N#CC1CC2CC2N1C(=O)C(N)C1CCOCC1. The van der Waals surface area contributed by atoms with Crippen molar-refractivity contribution in [2.75, 3.05) is 13.2 Å². The summed E-state index contributed by atoms with van der Waals surface area (Å²) in [5.41, 5.74) is 6.11. The molecule has 0 bridgehead atoms. The van der Waals surface area contributed by atoms with Crippen molar-refractivity contribution >= 4 is 5.91 Å². The molecule has 3 aliphatic rings. The van der Waals surface area contributed by atoms with E-state index >= 15 is 0 Å². The number of nitriles is 1. The molecule has 2 saturated heterocycles. The Kier molecular flexibility index (Phi) is 3.00. The maximum absolute atomic E-state index is 12.5. The minimum absolute atomic E-state index is 0.0153. The minimum atomic E-state index is -0.455. The van der Waals surface area contributed by atoms with Crippen molar-refractivity contribution in [1.82, 2.24) is 4.90 Å². The number of fused-ring (bicyclic) bond motifs is 1. The van der Waals surface area contributed by atoms with Crippen molar-refractivity contribution in [3.05, 3.63) is 0 Å². The first-order valence-corrected chi connectivity index (χ1v) is 6.77. The summed E-state index contributed by atoms with van der Waals surface area (Å²) in [5.74, 6) is 0.752. The number of ether oxygens (including phenoxy) is 1. The monoisotopic (exact) mass is 249 g/mol.